The molecule has 0 amide bonds. The molecule has 0 radical (unpaired) electrons. The van der Waals surface area contributed by atoms with Crippen molar-refractivity contribution in [1.82, 2.24) is 0 Å². The van der Waals surface area contributed by atoms with Crippen LogP contribution in [0.4, 0.5) is 11.4 Å². The molecule has 0 spiro atoms. The first-order chi connectivity index (χ1) is 12.9. The average Bonchev–Trinajstić information content (AvgIpc) is 2.66. The summed E-state index contributed by atoms with van der Waals surface area (Å²) in [5, 5.41) is 21.1. The van der Waals surface area contributed by atoms with Gasteiger partial charge in [0.25, 0.3) is 10.1 Å². The summed E-state index contributed by atoms with van der Waals surface area (Å²) >= 11 is 0. The summed E-state index contributed by atoms with van der Waals surface area (Å²) in [6.45, 7) is 0. The number of hydrogen-bond donors (Lipinski definition) is 2. The van der Waals surface area contributed by atoms with Crippen molar-refractivity contribution in [3.8, 4) is 5.75 Å². The van der Waals surface area contributed by atoms with Crippen molar-refractivity contribution >= 4 is 43.0 Å². The van der Waals surface area contributed by atoms with E-state index in [9.17, 15) is 18.1 Å². The molecule has 0 aliphatic rings. The van der Waals surface area contributed by atoms with E-state index < -0.39 is 10.1 Å². The first-order valence-electron chi connectivity index (χ1n) is 8.06. The molecular formula is C20H14N2O4S. The van der Waals surface area contributed by atoms with Crippen LogP contribution in [0.15, 0.2) is 87.9 Å². The molecule has 6 nitrogen and oxygen atoms in total. The summed E-state index contributed by atoms with van der Waals surface area (Å²) in [6, 6.07) is 20.3. The van der Waals surface area contributed by atoms with Crippen molar-refractivity contribution in [2.45, 2.75) is 4.90 Å². The molecule has 134 valence electrons. The van der Waals surface area contributed by atoms with Gasteiger partial charge in [0.05, 0.1) is 5.69 Å². The summed E-state index contributed by atoms with van der Waals surface area (Å²) in [5.74, 6) is -0.00290. The topological polar surface area (TPSA) is 99.3 Å². The Bertz CT molecular complexity index is 1310. The summed E-state index contributed by atoms with van der Waals surface area (Å²) in [5.41, 5.74) is 0.724. The van der Waals surface area contributed by atoms with Crippen LogP contribution in [0.2, 0.25) is 0 Å². The minimum Gasteiger partial charge on any atom is -0.506 e. The zero-order chi connectivity index (χ0) is 19.0. The minimum atomic E-state index is -4.36. The van der Waals surface area contributed by atoms with E-state index >= 15 is 0 Å². The van der Waals surface area contributed by atoms with Gasteiger partial charge < -0.3 is 5.11 Å². The predicted octanol–water partition coefficient (Wildman–Crippen LogP) is 5.36. The average molecular weight is 378 g/mol. The van der Waals surface area contributed by atoms with Crippen LogP contribution in [0, 0.1) is 0 Å². The van der Waals surface area contributed by atoms with Gasteiger partial charge in [0, 0.05) is 10.8 Å². The molecule has 0 bridgehead atoms. The molecular weight excluding hydrogens is 364 g/mol. The maximum atomic E-state index is 11.6. The standard InChI is InChI=1S/C20H14N2O4S/c23-18-11-9-13-4-1-2-6-16(13)20(18)22-21-15-10-8-14-5-3-7-19(17(14)12-15)27(24,25)26/h1-12,23H,(H,24,25,26). The van der Waals surface area contributed by atoms with Crippen LogP contribution < -0.4 is 0 Å². The number of rotatable bonds is 3. The summed E-state index contributed by atoms with van der Waals surface area (Å²) in [7, 11) is -4.36. The van der Waals surface area contributed by atoms with Crippen LogP contribution in [0.5, 0.6) is 5.75 Å². The van der Waals surface area contributed by atoms with Crippen LogP contribution in [-0.4, -0.2) is 18.1 Å². The van der Waals surface area contributed by atoms with E-state index in [4.69, 9.17) is 0 Å². The minimum absolute atomic E-state index is 0.00290. The van der Waals surface area contributed by atoms with Gasteiger partial charge in [-0.05, 0) is 35.0 Å². The van der Waals surface area contributed by atoms with Crippen molar-refractivity contribution in [2.24, 2.45) is 10.2 Å². The van der Waals surface area contributed by atoms with E-state index in [1.165, 1.54) is 12.1 Å². The SMILES string of the molecule is O=S(=O)(O)c1cccc2ccc(N=Nc3c(O)ccc4ccccc34)cc12. The number of phenols is 1. The Labute approximate surface area is 155 Å². The summed E-state index contributed by atoms with van der Waals surface area (Å²) < 4.78 is 32.6. The fourth-order valence-corrected chi connectivity index (χ4v) is 3.68. The van der Waals surface area contributed by atoms with Crippen molar-refractivity contribution < 1.29 is 18.1 Å². The number of aromatic hydroxyl groups is 1. The predicted molar refractivity (Wildman–Crippen MR) is 104 cm³/mol. The van der Waals surface area contributed by atoms with Gasteiger partial charge in [-0.25, -0.2) is 0 Å². The van der Waals surface area contributed by atoms with Gasteiger partial charge in [-0.2, -0.15) is 13.5 Å². The third-order valence-electron chi connectivity index (χ3n) is 4.25. The van der Waals surface area contributed by atoms with Crippen molar-refractivity contribution in [3.63, 3.8) is 0 Å². The summed E-state index contributed by atoms with van der Waals surface area (Å²) in [6.07, 6.45) is 0. The Morgan fingerprint density at radius 2 is 1.44 bits per heavy atom. The Hall–Kier alpha value is -3.29. The molecule has 0 unspecified atom stereocenters. The molecule has 4 rings (SSSR count). The number of nitrogens with zero attached hydrogens (tertiary/aromatic N) is 2. The Kier molecular flexibility index (Phi) is 4.10. The molecule has 0 atom stereocenters. The fourth-order valence-electron chi connectivity index (χ4n) is 2.98. The largest absolute Gasteiger partial charge is 0.506 e. The molecule has 0 aromatic heterocycles. The molecule has 0 saturated carbocycles. The van der Waals surface area contributed by atoms with Crippen LogP contribution in [0.25, 0.3) is 21.5 Å². The fraction of sp³-hybridized carbons (Fsp3) is 0. The normalized spacial score (nSPS) is 12.2. The van der Waals surface area contributed by atoms with Crippen molar-refractivity contribution in [3.05, 3.63) is 72.8 Å². The number of azo groups is 1. The van der Waals surface area contributed by atoms with Gasteiger partial charge in [0.1, 0.15) is 16.3 Å². The third-order valence-corrected chi connectivity index (χ3v) is 5.16. The zero-order valence-electron chi connectivity index (χ0n) is 13.9. The molecule has 0 heterocycles. The number of hydrogen-bond acceptors (Lipinski definition) is 5. The number of phenolic OH excluding ortho intramolecular Hbond substituents is 1. The second-order valence-electron chi connectivity index (χ2n) is 5.99. The smallest absolute Gasteiger partial charge is 0.295 e. The lowest BCUT2D eigenvalue weighted by molar-refractivity contribution is 0.477. The molecule has 0 saturated heterocycles. The molecule has 0 fully saturated rings. The van der Waals surface area contributed by atoms with Gasteiger partial charge in [-0.3, -0.25) is 4.55 Å². The highest BCUT2D eigenvalue weighted by Gasteiger charge is 2.14. The van der Waals surface area contributed by atoms with Gasteiger partial charge in [-0.15, -0.1) is 5.11 Å². The van der Waals surface area contributed by atoms with Crippen LogP contribution in [0.3, 0.4) is 0 Å². The third kappa shape index (κ3) is 3.25. The maximum absolute atomic E-state index is 11.6. The highest BCUT2D eigenvalue weighted by molar-refractivity contribution is 7.86. The quantitative estimate of drug-likeness (QED) is 0.370. The summed E-state index contributed by atoms with van der Waals surface area (Å²) in [4.78, 5) is -0.190. The van der Waals surface area contributed by atoms with E-state index in [-0.39, 0.29) is 10.6 Å². The molecule has 4 aromatic carbocycles. The first-order valence-corrected chi connectivity index (χ1v) is 9.50. The molecule has 0 aliphatic heterocycles. The number of benzene rings is 4. The second-order valence-corrected chi connectivity index (χ2v) is 7.38. The Morgan fingerprint density at radius 1 is 0.741 bits per heavy atom. The van der Waals surface area contributed by atoms with Crippen LogP contribution >= 0.6 is 0 Å². The van der Waals surface area contributed by atoms with E-state index in [0.717, 1.165) is 10.8 Å². The lowest BCUT2D eigenvalue weighted by Crippen LogP contribution is -1.98. The molecule has 2 N–H and O–H groups in total. The Morgan fingerprint density at radius 3 is 2.26 bits per heavy atom. The monoisotopic (exact) mass is 378 g/mol. The number of fused-ring (bicyclic) bond motifs is 2. The molecule has 7 heteroatoms. The van der Waals surface area contributed by atoms with Gasteiger partial charge in [-0.1, -0.05) is 48.5 Å². The lowest BCUT2D eigenvalue weighted by atomic mass is 10.1. The Balaban J connectivity index is 1.84. The van der Waals surface area contributed by atoms with Gasteiger partial charge >= 0.3 is 0 Å². The van der Waals surface area contributed by atoms with E-state index in [1.54, 1.807) is 36.4 Å². The molecule has 27 heavy (non-hydrogen) atoms. The van der Waals surface area contributed by atoms with E-state index in [1.807, 2.05) is 24.3 Å². The first kappa shape index (κ1) is 17.1. The molecule has 0 aliphatic carbocycles. The van der Waals surface area contributed by atoms with Crippen LogP contribution in [0.1, 0.15) is 0 Å². The van der Waals surface area contributed by atoms with Gasteiger partial charge in [0.2, 0.25) is 0 Å². The lowest BCUT2D eigenvalue weighted by Gasteiger charge is -2.05. The second kappa shape index (κ2) is 6.46. The van der Waals surface area contributed by atoms with Crippen molar-refractivity contribution in [2.75, 3.05) is 0 Å². The zero-order valence-corrected chi connectivity index (χ0v) is 14.8. The highest BCUT2D eigenvalue weighted by Crippen LogP contribution is 2.36. The highest BCUT2D eigenvalue weighted by atomic mass is 32.2. The molecule has 4 aromatic rings. The van der Waals surface area contributed by atoms with E-state index in [2.05, 4.69) is 10.2 Å². The van der Waals surface area contributed by atoms with Crippen LogP contribution in [-0.2, 0) is 10.1 Å². The van der Waals surface area contributed by atoms with Crippen molar-refractivity contribution in [1.29, 1.82) is 0 Å². The maximum Gasteiger partial charge on any atom is 0.295 e. The van der Waals surface area contributed by atoms with E-state index in [0.29, 0.717) is 22.1 Å². The van der Waals surface area contributed by atoms with Gasteiger partial charge in [0.15, 0.2) is 0 Å².